The van der Waals surface area contributed by atoms with Crippen LogP contribution in [-0.2, 0) is 11.3 Å². The van der Waals surface area contributed by atoms with E-state index in [1.807, 2.05) is 79.9 Å². The normalized spacial score (nSPS) is 18.4. The summed E-state index contributed by atoms with van der Waals surface area (Å²) >= 11 is 0. The molecule has 2 atom stereocenters. The Balaban J connectivity index is 1.27. The van der Waals surface area contributed by atoms with Crippen LogP contribution in [0.1, 0.15) is 21.5 Å². The summed E-state index contributed by atoms with van der Waals surface area (Å²) in [5.41, 5.74) is 4.88. The number of ether oxygens (including phenoxy) is 3. The van der Waals surface area contributed by atoms with Crippen LogP contribution in [0.25, 0.3) is 22.2 Å². The van der Waals surface area contributed by atoms with Crippen LogP contribution in [0.2, 0.25) is 0 Å². The Bertz CT molecular complexity index is 1910. The average molecular weight is 605 g/mol. The van der Waals surface area contributed by atoms with E-state index in [1.165, 1.54) is 6.33 Å². The smallest absolute Gasteiger partial charge is 0.258 e. The van der Waals surface area contributed by atoms with Crippen LogP contribution in [0.5, 0.6) is 17.2 Å². The number of hydrogen-bond acceptors (Lipinski definition) is 8. The molecule has 0 unspecified atom stereocenters. The van der Waals surface area contributed by atoms with Crippen molar-refractivity contribution in [3.8, 4) is 28.4 Å². The lowest BCUT2D eigenvalue weighted by atomic mass is 9.97. The van der Waals surface area contributed by atoms with Crippen molar-refractivity contribution in [2.45, 2.75) is 25.6 Å². The second-order valence-corrected chi connectivity index (χ2v) is 11.2. The van der Waals surface area contributed by atoms with E-state index in [4.69, 9.17) is 14.2 Å². The summed E-state index contributed by atoms with van der Waals surface area (Å²) in [5.74, 6) is 1.90. The molecule has 5 aromatic rings. The number of carbonyl (C=O) groups is 2. The third-order valence-electron chi connectivity index (χ3n) is 8.23. The maximum atomic E-state index is 13.8. The van der Waals surface area contributed by atoms with E-state index in [0.29, 0.717) is 42.4 Å². The molecule has 6 bridgehead atoms. The first-order valence-electron chi connectivity index (χ1n) is 14.7. The molecule has 1 saturated heterocycles. The van der Waals surface area contributed by atoms with Gasteiger partial charge in [0.15, 0.2) is 18.1 Å². The molecule has 1 fully saturated rings. The fourth-order valence-corrected chi connectivity index (χ4v) is 5.88. The van der Waals surface area contributed by atoms with E-state index < -0.39 is 6.10 Å². The van der Waals surface area contributed by atoms with Crippen LogP contribution in [0, 0.1) is 6.92 Å². The predicted molar refractivity (Wildman–Crippen MR) is 169 cm³/mol. The summed E-state index contributed by atoms with van der Waals surface area (Å²) in [6, 6.07) is 20.3. The molecular formula is C34H32N6O5. The van der Waals surface area contributed by atoms with Gasteiger partial charge in [-0.3, -0.25) is 9.59 Å². The molecule has 5 heterocycles. The number of methoxy groups -OCH3 is 1. The summed E-state index contributed by atoms with van der Waals surface area (Å²) in [5, 5.41) is 7.03. The Kier molecular flexibility index (Phi) is 7.42. The molecule has 3 aromatic carbocycles. The number of amides is 2. The van der Waals surface area contributed by atoms with E-state index in [0.717, 1.165) is 39.1 Å². The van der Waals surface area contributed by atoms with Crippen LogP contribution in [-0.4, -0.2) is 65.7 Å². The molecule has 0 saturated carbocycles. The predicted octanol–water partition coefficient (Wildman–Crippen LogP) is 4.02. The first-order valence-corrected chi connectivity index (χ1v) is 14.7. The quantitative estimate of drug-likeness (QED) is 0.276. The van der Waals surface area contributed by atoms with E-state index in [1.54, 1.807) is 7.11 Å². The highest BCUT2D eigenvalue weighted by molar-refractivity contribution is 5.96. The van der Waals surface area contributed by atoms with Gasteiger partial charge < -0.3 is 34.7 Å². The van der Waals surface area contributed by atoms with Crippen molar-refractivity contribution in [1.82, 2.24) is 25.6 Å². The molecule has 8 rings (SSSR count). The first-order chi connectivity index (χ1) is 21.9. The molecule has 0 spiro atoms. The third-order valence-corrected chi connectivity index (χ3v) is 8.23. The molecule has 228 valence electrons. The molecule has 3 aliphatic rings. The molecule has 0 radical (unpaired) electrons. The Hall–Kier alpha value is -5.58. The summed E-state index contributed by atoms with van der Waals surface area (Å²) in [4.78, 5) is 40.6. The second-order valence-electron chi connectivity index (χ2n) is 11.2. The van der Waals surface area contributed by atoms with Gasteiger partial charge in [0, 0.05) is 24.8 Å². The van der Waals surface area contributed by atoms with Crippen molar-refractivity contribution >= 4 is 28.7 Å². The van der Waals surface area contributed by atoms with Gasteiger partial charge in [-0.05, 0) is 71.6 Å². The summed E-state index contributed by atoms with van der Waals surface area (Å²) in [6.07, 6.45) is 2.93. The fourth-order valence-electron chi connectivity index (χ4n) is 5.88. The topological polar surface area (TPSA) is 131 Å². The minimum atomic E-state index is -0.429. The number of nitrogens with zero attached hydrogens (tertiary/aromatic N) is 3. The number of aryl methyl sites for hydroxylation is 1. The lowest BCUT2D eigenvalue weighted by Gasteiger charge is -2.23. The number of anilines is 1. The monoisotopic (exact) mass is 604 g/mol. The molecule has 2 aromatic heterocycles. The number of rotatable bonds is 2. The van der Waals surface area contributed by atoms with E-state index in [2.05, 4.69) is 30.5 Å². The summed E-state index contributed by atoms with van der Waals surface area (Å²) in [7, 11) is 1.57. The van der Waals surface area contributed by atoms with Gasteiger partial charge in [0.1, 0.15) is 29.6 Å². The number of fused-ring (bicyclic) bond motifs is 8. The van der Waals surface area contributed by atoms with Crippen molar-refractivity contribution in [2.24, 2.45) is 0 Å². The van der Waals surface area contributed by atoms with Crippen molar-refractivity contribution in [1.29, 1.82) is 0 Å². The fraction of sp³-hybridized carbons (Fsp3) is 0.235. The number of carbonyl (C=O) groups excluding carboxylic acids is 2. The van der Waals surface area contributed by atoms with Crippen LogP contribution in [0.15, 0.2) is 79.3 Å². The zero-order valence-electron chi connectivity index (χ0n) is 24.9. The zero-order valence-corrected chi connectivity index (χ0v) is 24.9. The minimum absolute atomic E-state index is 0.135. The molecule has 11 nitrogen and oxygen atoms in total. The largest absolute Gasteiger partial charge is 0.493 e. The highest BCUT2D eigenvalue weighted by atomic mass is 16.5. The van der Waals surface area contributed by atoms with E-state index in [-0.39, 0.29) is 24.5 Å². The maximum Gasteiger partial charge on any atom is 0.258 e. The summed E-state index contributed by atoms with van der Waals surface area (Å²) < 4.78 is 18.1. The standard InChI is InChI=1S/C34H32N6O5/c1-20-6-8-23-14-26(20)22-4-3-5-24(13-22)44-18-31(41)36-15-21-7-9-28(29(12-21)43-2)45-30-17-40(16-27(30)39-34(23)42)33-25-10-11-35-32(25)37-19-38-33/h3-14,19,27,30H,15-18H2,1-2H3,(H,36,41)(H,39,42)(H,35,37,38)/t27-,30-/m0/s1. The highest BCUT2D eigenvalue weighted by Crippen LogP contribution is 2.33. The van der Waals surface area contributed by atoms with Crippen LogP contribution in [0.4, 0.5) is 5.82 Å². The SMILES string of the molecule is COc1cc2ccc1O[C@H]1CN(c3ncnc4[nH]ccc34)C[C@@H]1NC(=O)c1ccc(C)c(c1)-c1cccc(c1)OCC(=O)NC2. The molecule has 3 aliphatic heterocycles. The van der Waals surface area contributed by atoms with Gasteiger partial charge in [-0.2, -0.15) is 0 Å². The van der Waals surface area contributed by atoms with Gasteiger partial charge in [0.2, 0.25) is 0 Å². The van der Waals surface area contributed by atoms with Gasteiger partial charge in [-0.25, -0.2) is 9.97 Å². The third kappa shape index (κ3) is 5.72. The van der Waals surface area contributed by atoms with Crippen LogP contribution < -0.4 is 29.7 Å². The van der Waals surface area contributed by atoms with Crippen LogP contribution in [0.3, 0.4) is 0 Å². The zero-order chi connectivity index (χ0) is 30.9. The molecule has 11 heteroatoms. The first kappa shape index (κ1) is 28.2. The molecule has 0 aliphatic carbocycles. The van der Waals surface area contributed by atoms with Crippen molar-refractivity contribution in [3.63, 3.8) is 0 Å². The molecule has 2 amide bonds. The van der Waals surface area contributed by atoms with Gasteiger partial charge in [-0.15, -0.1) is 0 Å². The Morgan fingerprint density at radius 2 is 1.89 bits per heavy atom. The van der Waals surface area contributed by atoms with Crippen molar-refractivity contribution in [3.05, 3.63) is 95.9 Å². The minimum Gasteiger partial charge on any atom is -0.493 e. The Morgan fingerprint density at radius 1 is 0.978 bits per heavy atom. The number of nitrogens with one attached hydrogen (secondary N) is 3. The number of aromatic nitrogens is 3. The van der Waals surface area contributed by atoms with E-state index >= 15 is 0 Å². The molecular weight excluding hydrogens is 572 g/mol. The molecule has 45 heavy (non-hydrogen) atoms. The van der Waals surface area contributed by atoms with E-state index in [9.17, 15) is 9.59 Å². The Morgan fingerprint density at radius 3 is 2.78 bits per heavy atom. The number of benzene rings is 3. The van der Waals surface area contributed by atoms with Gasteiger partial charge in [0.25, 0.3) is 11.8 Å². The number of hydrogen-bond donors (Lipinski definition) is 3. The van der Waals surface area contributed by atoms with Crippen molar-refractivity contribution in [2.75, 3.05) is 31.7 Å². The van der Waals surface area contributed by atoms with Gasteiger partial charge in [-0.1, -0.05) is 24.3 Å². The van der Waals surface area contributed by atoms with Crippen LogP contribution >= 0.6 is 0 Å². The maximum absolute atomic E-state index is 13.8. The number of H-pyrrole nitrogens is 1. The number of aromatic amines is 1. The highest BCUT2D eigenvalue weighted by Gasteiger charge is 2.38. The lowest BCUT2D eigenvalue weighted by molar-refractivity contribution is -0.123. The lowest BCUT2D eigenvalue weighted by Crippen LogP contribution is -2.45. The van der Waals surface area contributed by atoms with Gasteiger partial charge >= 0.3 is 0 Å². The Labute approximate surface area is 259 Å². The summed E-state index contributed by atoms with van der Waals surface area (Å²) in [6.45, 7) is 3.09. The molecule has 3 N–H and O–H groups in total. The average Bonchev–Trinajstić information content (AvgIpc) is 3.70. The second kappa shape index (κ2) is 11.8. The van der Waals surface area contributed by atoms with Gasteiger partial charge in [0.05, 0.1) is 25.1 Å². The van der Waals surface area contributed by atoms with Crippen molar-refractivity contribution < 1.29 is 23.8 Å².